The van der Waals surface area contributed by atoms with E-state index in [-0.39, 0.29) is 5.82 Å². The first-order valence-electron chi connectivity index (χ1n) is 7.64. The average molecular weight is 362 g/mol. The number of hydrogen-bond donors (Lipinski definition) is 0. The van der Waals surface area contributed by atoms with Gasteiger partial charge in [-0.2, -0.15) is 10.1 Å². The predicted octanol–water partition coefficient (Wildman–Crippen LogP) is -0.581. The molecule has 1 fully saturated rings. The van der Waals surface area contributed by atoms with Crippen LogP contribution in [-0.2, 0) is 23.8 Å². The van der Waals surface area contributed by atoms with Crippen molar-refractivity contribution in [3.63, 3.8) is 0 Å². The van der Waals surface area contributed by atoms with Crippen molar-refractivity contribution < 1.29 is 23.8 Å². The molecule has 0 saturated carbocycles. The summed E-state index contributed by atoms with van der Waals surface area (Å²) in [7, 11) is 0. The Bertz CT molecular complexity index is 864. The van der Waals surface area contributed by atoms with Crippen LogP contribution in [0.3, 0.4) is 0 Å². The summed E-state index contributed by atoms with van der Waals surface area (Å²) >= 11 is 0. The van der Waals surface area contributed by atoms with Crippen molar-refractivity contribution in [3.8, 4) is 5.82 Å². The zero-order chi connectivity index (χ0) is 18.8. The molecule has 0 aliphatic carbocycles. The molecule has 3 heterocycles. The minimum atomic E-state index is -1.05. The SMILES string of the molecule is [CH2]C1OC(n2ccc(-n3cncn3)nc2=O)[C@H](OC(C)=O)[C@@H]1OC(C)=O. The largest absolute Gasteiger partial charge is 0.456 e. The van der Waals surface area contributed by atoms with E-state index in [1.807, 2.05) is 0 Å². The molecule has 11 nitrogen and oxygen atoms in total. The minimum Gasteiger partial charge on any atom is -0.456 e. The van der Waals surface area contributed by atoms with E-state index in [9.17, 15) is 14.4 Å². The molecule has 1 aliphatic heterocycles. The number of carbonyl (C=O) groups is 2. The van der Waals surface area contributed by atoms with Crippen LogP contribution in [0, 0.1) is 6.92 Å². The summed E-state index contributed by atoms with van der Waals surface area (Å²) < 4.78 is 18.4. The van der Waals surface area contributed by atoms with E-state index in [0.717, 1.165) is 4.57 Å². The lowest BCUT2D eigenvalue weighted by molar-refractivity contribution is -0.165. The van der Waals surface area contributed by atoms with Crippen molar-refractivity contribution in [2.45, 2.75) is 38.4 Å². The van der Waals surface area contributed by atoms with Gasteiger partial charge >= 0.3 is 17.6 Å². The van der Waals surface area contributed by atoms with Crippen molar-refractivity contribution in [1.29, 1.82) is 0 Å². The summed E-state index contributed by atoms with van der Waals surface area (Å²) in [4.78, 5) is 42.9. The number of ether oxygens (including phenoxy) is 3. The van der Waals surface area contributed by atoms with Crippen LogP contribution in [0.2, 0.25) is 0 Å². The van der Waals surface area contributed by atoms with Crippen LogP contribution in [0.25, 0.3) is 5.82 Å². The molecule has 0 bridgehead atoms. The summed E-state index contributed by atoms with van der Waals surface area (Å²) in [6.45, 7) is 6.16. The lowest BCUT2D eigenvalue weighted by Crippen LogP contribution is -2.40. The Balaban J connectivity index is 1.94. The fourth-order valence-electron chi connectivity index (χ4n) is 2.63. The Morgan fingerprint density at radius 2 is 1.92 bits per heavy atom. The molecule has 1 aliphatic rings. The van der Waals surface area contributed by atoms with Gasteiger partial charge in [0.25, 0.3) is 0 Å². The van der Waals surface area contributed by atoms with E-state index < -0.39 is 42.2 Å². The van der Waals surface area contributed by atoms with Crippen molar-refractivity contribution in [2.75, 3.05) is 0 Å². The van der Waals surface area contributed by atoms with Gasteiger partial charge in [0.2, 0.25) is 0 Å². The first-order chi connectivity index (χ1) is 12.4. The zero-order valence-corrected chi connectivity index (χ0v) is 14.0. The Hall–Kier alpha value is -3.08. The van der Waals surface area contributed by atoms with E-state index in [2.05, 4.69) is 22.0 Å². The average Bonchev–Trinajstić information content (AvgIpc) is 3.18. The number of hydrogen-bond acceptors (Lipinski definition) is 9. The number of nitrogens with zero attached hydrogens (tertiary/aromatic N) is 5. The van der Waals surface area contributed by atoms with Gasteiger partial charge < -0.3 is 14.2 Å². The van der Waals surface area contributed by atoms with E-state index in [4.69, 9.17) is 14.2 Å². The molecule has 2 aromatic heterocycles. The maximum absolute atomic E-state index is 12.4. The molecule has 1 saturated heterocycles. The topological polar surface area (TPSA) is 127 Å². The monoisotopic (exact) mass is 362 g/mol. The quantitative estimate of drug-likeness (QED) is 0.656. The molecule has 26 heavy (non-hydrogen) atoms. The highest BCUT2D eigenvalue weighted by Crippen LogP contribution is 2.32. The van der Waals surface area contributed by atoms with Gasteiger partial charge in [-0.3, -0.25) is 14.2 Å². The molecule has 3 rings (SSSR count). The van der Waals surface area contributed by atoms with Crippen LogP contribution in [0.15, 0.2) is 29.7 Å². The zero-order valence-electron chi connectivity index (χ0n) is 14.0. The Labute approximate surface area is 147 Å². The fraction of sp³-hybridized carbons (Fsp3) is 0.400. The first kappa shape index (κ1) is 17.7. The van der Waals surface area contributed by atoms with Crippen LogP contribution in [-0.4, -0.2) is 54.6 Å². The smallest absolute Gasteiger partial charge is 0.351 e. The van der Waals surface area contributed by atoms with Crippen molar-refractivity contribution in [3.05, 3.63) is 42.3 Å². The van der Waals surface area contributed by atoms with E-state index in [1.54, 1.807) is 0 Å². The molecule has 0 aromatic carbocycles. The highest BCUT2D eigenvalue weighted by molar-refractivity contribution is 5.67. The Kier molecular flexibility index (Phi) is 4.80. The molecule has 2 aromatic rings. The predicted molar refractivity (Wildman–Crippen MR) is 83.8 cm³/mol. The van der Waals surface area contributed by atoms with E-state index in [0.29, 0.717) is 0 Å². The van der Waals surface area contributed by atoms with Gasteiger partial charge in [0.05, 0.1) is 0 Å². The van der Waals surface area contributed by atoms with Gasteiger partial charge in [0.1, 0.15) is 18.8 Å². The van der Waals surface area contributed by atoms with Crippen LogP contribution in [0.1, 0.15) is 20.1 Å². The third kappa shape index (κ3) is 3.47. The minimum absolute atomic E-state index is 0.258. The maximum Gasteiger partial charge on any atom is 0.351 e. The number of esters is 2. The van der Waals surface area contributed by atoms with Gasteiger partial charge in [0, 0.05) is 20.0 Å². The highest BCUT2D eigenvalue weighted by Gasteiger charge is 2.48. The summed E-state index contributed by atoms with van der Waals surface area (Å²) in [5.74, 6) is -0.944. The molecule has 0 N–H and O–H groups in total. The molecular formula is C15H16N5O6. The second kappa shape index (κ2) is 7.04. The third-order valence-electron chi connectivity index (χ3n) is 3.63. The number of carbonyl (C=O) groups excluding carboxylic acids is 2. The molecule has 2 unspecified atom stereocenters. The highest BCUT2D eigenvalue weighted by atomic mass is 16.6. The van der Waals surface area contributed by atoms with Crippen LogP contribution >= 0.6 is 0 Å². The van der Waals surface area contributed by atoms with E-state index >= 15 is 0 Å². The summed E-state index contributed by atoms with van der Waals surface area (Å²) in [6.07, 6.45) is 0.226. The fourth-order valence-corrected chi connectivity index (χ4v) is 2.63. The van der Waals surface area contributed by atoms with Crippen LogP contribution in [0.5, 0.6) is 0 Å². The van der Waals surface area contributed by atoms with Gasteiger partial charge in [-0.1, -0.05) is 0 Å². The molecule has 0 amide bonds. The van der Waals surface area contributed by atoms with Gasteiger partial charge in [-0.15, -0.1) is 0 Å². The molecule has 0 spiro atoms. The first-order valence-corrected chi connectivity index (χ1v) is 7.64. The Morgan fingerprint density at radius 3 is 2.50 bits per heavy atom. The van der Waals surface area contributed by atoms with Gasteiger partial charge in [-0.05, 0) is 13.0 Å². The Morgan fingerprint density at radius 1 is 1.23 bits per heavy atom. The molecular weight excluding hydrogens is 346 g/mol. The maximum atomic E-state index is 12.4. The molecule has 1 radical (unpaired) electrons. The van der Waals surface area contributed by atoms with Gasteiger partial charge in [0.15, 0.2) is 24.3 Å². The van der Waals surface area contributed by atoms with Gasteiger partial charge in [-0.25, -0.2) is 14.5 Å². The van der Waals surface area contributed by atoms with E-state index in [1.165, 1.54) is 43.4 Å². The normalized spacial score (nSPS) is 25.0. The van der Waals surface area contributed by atoms with Crippen LogP contribution < -0.4 is 5.69 Å². The third-order valence-corrected chi connectivity index (χ3v) is 3.63. The second-order valence-corrected chi connectivity index (χ2v) is 5.53. The lowest BCUT2D eigenvalue weighted by atomic mass is 10.1. The molecule has 4 atom stereocenters. The summed E-state index contributed by atoms with van der Waals surface area (Å²) in [5.41, 5.74) is -0.671. The molecule has 137 valence electrons. The molecule has 11 heteroatoms. The standard InChI is InChI=1S/C15H16N5O6/c1-8-12(25-9(2)21)13(26-10(3)22)14(24-8)19-5-4-11(18-15(19)23)20-7-16-6-17-20/h4-8,12-14H,1H2,2-3H3/t8?,12-,13-,14?/m1/s1. The van der Waals surface area contributed by atoms with Crippen molar-refractivity contribution in [2.24, 2.45) is 0 Å². The number of aromatic nitrogens is 5. The van der Waals surface area contributed by atoms with Crippen molar-refractivity contribution in [1.82, 2.24) is 24.3 Å². The number of rotatable bonds is 4. The second-order valence-electron chi connectivity index (χ2n) is 5.53. The summed E-state index contributed by atoms with van der Waals surface area (Å²) in [5, 5.41) is 3.89. The summed E-state index contributed by atoms with van der Waals surface area (Å²) in [6, 6.07) is 1.52. The van der Waals surface area contributed by atoms with Crippen molar-refractivity contribution >= 4 is 11.9 Å². The van der Waals surface area contributed by atoms with Crippen LogP contribution in [0.4, 0.5) is 0 Å². The lowest BCUT2D eigenvalue weighted by Gasteiger charge is -2.23.